The van der Waals surface area contributed by atoms with E-state index in [4.69, 9.17) is 23.8 Å². The third kappa shape index (κ3) is 5.23. The molecule has 0 unspecified atom stereocenters. The van der Waals surface area contributed by atoms with E-state index < -0.39 is 5.97 Å². The van der Waals surface area contributed by atoms with Crippen LogP contribution in [0.1, 0.15) is 22.3 Å². The van der Waals surface area contributed by atoms with E-state index >= 15 is 0 Å². The van der Waals surface area contributed by atoms with Crippen LogP contribution in [-0.2, 0) is 9.59 Å². The van der Waals surface area contributed by atoms with Crippen molar-refractivity contribution in [2.75, 3.05) is 11.9 Å². The van der Waals surface area contributed by atoms with E-state index in [1.165, 1.54) is 29.2 Å². The van der Waals surface area contributed by atoms with Crippen molar-refractivity contribution in [2.45, 2.75) is 6.42 Å². The molecule has 1 fully saturated rings. The number of thioether (sulfide) groups is 1. The van der Waals surface area contributed by atoms with Crippen LogP contribution in [0, 0.1) is 0 Å². The van der Waals surface area contributed by atoms with Gasteiger partial charge >= 0.3 is 0 Å². The molecule has 6 nitrogen and oxygen atoms in total. The lowest BCUT2D eigenvalue weighted by Gasteiger charge is -2.14. The topological polar surface area (TPSA) is 89.5 Å². The number of benzene rings is 2. The Labute approximate surface area is 181 Å². The van der Waals surface area contributed by atoms with Gasteiger partial charge < -0.3 is 15.2 Å². The Hall–Kier alpha value is -2.68. The van der Waals surface area contributed by atoms with Gasteiger partial charge in [0.1, 0.15) is 4.32 Å². The molecule has 2 aromatic rings. The molecule has 3 rings (SSSR count). The minimum absolute atomic E-state index is 0.0193. The van der Waals surface area contributed by atoms with Gasteiger partial charge in [-0.2, -0.15) is 0 Å². The molecule has 2 aromatic carbocycles. The summed E-state index contributed by atoms with van der Waals surface area (Å²) in [5.74, 6) is -1.89. The van der Waals surface area contributed by atoms with Gasteiger partial charge in [0, 0.05) is 23.7 Å². The summed E-state index contributed by atoms with van der Waals surface area (Å²) in [6, 6.07) is 12.8. The second-order valence-corrected chi connectivity index (χ2v) is 8.10. The number of carbonyl (C=O) groups excluding carboxylic acids is 3. The highest BCUT2D eigenvalue weighted by Gasteiger charge is 2.32. The normalized spacial score (nSPS) is 15.1. The fourth-order valence-electron chi connectivity index (χ4n) is 2.55. The van der Waals surface area contributed by atoms with Crippen molar-refractivity contribution in [3.63, 3.8) is 0 Å². The number of aromatic carboxylic acids is 1. The van der Waals surface area contributed by atoms with Gasteiger partial charge in [-0.1, -0.05) is 65.9 Å². The maximum atomic E-state index is 12.6. The fourth-order valence-corrected chi connectivity index (χ4v) is 4.04. The number of halogens is 1. The van der Waals surface area contributed by atoms with Crippen LogP contribution in [0.25, 0.3) is 6.08 Å². The number of carboxylic acids is 1. The van der Waals surface area contributed by atoms with Crippen LogP contribution in [0.3, 0.4) is 0 Å². The SMILES string of the molecule is O=C(CCN1C(=O)/C(=C/c2ccccc2Cl)SC1=S)Nc1ccc(C(=O)[O-])cc1. The van der Waals surface area contributed by atoms with Crippen molar-refractivity contribution >= 4 is 69.4 Å². The lowest BCUT2D eigenvalue weighted by molar-refractivity contribution is -0.255. The number of anilines is 1. The minimum Gasteiger partial charge on any atom is -0.545 e. The molecule has 1 aliphatic heterocycles. The summed E-state index contributed by atoms with van der Waals surface area (Å²) in [5, 5.41) is 13.9. The first-order valence-corrected chi connectivity index (χ1v) is 10.1. The van der Waals surface area contributed by atoms with Crippen molar-refractivity contribution in [1.29, 1.82) is 0 Å². The van der Waals surface area contributed by atoms with Crippen molar-refractivity contribution in [3.8, 4) is 0 Å². The molecular weight excluding hydrogens is 432 g/mol. The van der Waals surface area contributed by atoms with Crippen LogP contribution >= 0.6 is 35.6 Å². The number of nitrogens with one attached hydrogen (secondary N) is 1. The molecule has 0 saturated carbocycles. The number of hydrogen-bond acceptors (Lipinski definition) is 6. The van der Waals surface area contributed by atoms with Gasteiger partial charge in [0.15, 0.2) is 0 Å². The summed E-state index contributed by atoms with van der Waals surface area (Å²) < 4.78 is 0.374. The molecule has 1 heterocycles. The van der Waals surface area contributed by atoms with E-state index in [1.54, 1.807) is 24.3 Å². The van der Waals surface area contributed by atoms with Gasteiger partial charge in [-0.05, 0) is 35.4 Å². The molecule has 0 atom stereocenters. The Kier molecular flexibility index (Phi) is 6.68. The van der Waals surface area contributed by atoms with Crippen molar-refractivity contribution in [2.24, 2.45) is 0 Å². The second kappa shape index (κ2) is 9.21. The summed E-state index contributed by atoms with van der Waals surface area (Å²) in [4.78, 5) is 37.3. The Morgan fingerprint density at radius 2 is 1.86 bits per heavy atom. The number of hydrogen-bond donors (Lipinski definition) is 1. The molecule has 1 saturated heterocycles. The van der Waals surface area contributed by atoms with E-state index in [0.29, 0.717) is 25.5 Å². The Morgan fingerprint density at radius 3 is 2.52 bits per heavy atom. The highest BCUT2D eigenvalue weighted by molar-refractivity contribution is 8.26. The predicted molar refractivity (Wildman–Crippen MR) is 115 cm³/mol. The van der Waals surface area contributed by atoms with Gasteiger partial charge in [0.05, 0.1) is 10.9 Å². The standard InChI is InChI=1S/C20H15ClN2O4S2/c21-15-4-2-1-3-13(15)11-16-18(25)23(20(28)29-16)10-9-17(24)22-14-7-5-12(6-8-14)19(26)27/h1-8,11H,9-10H2,(H,22,24)(H,26,27)/p-1/b16-11-. The highest BCUT2D eigenvalue weighted by atomic mass is 35.5. The summed E-state index contributed by atoms with van der Waals surface area (Å²) in [6.45, 7) is 0.132. The third-order valence-electron chi connectivity index (χ3n) is 4.03. The van der Waals surface area contributed by atoms with Crippen molar-refractivity contribution in [3.05, 3.63) is 69.6 Å². The smallest absolute Gasteiger partial charge is 0.266 e. The first-order valence-electron chi connectivity index (χ1n) is 8.46. The average Bonchev–Trinajstić information content (AvgIpc) is 2.95. The largest absolute Gasteiger partial charge is 0.545 e. The molecule has 0 spiro atoms. The number of carbonyl (C=O) groups is 3. The van der Waals surface area contributed by atoms with Gasteiger partial charge in [0.25, 0.3) is 5.91 Å². The summed E-state index contributed by atoms with van der Waals surface area (Å²) in [7, 11) is 0. The van der Waals surface area contributed by atoms with E-state index in [1.807, 2.05) is 6.07 Å². The molecule has 2 amide bonds. The Balaban J connectivity index is 1.59. The molecule has 0 radical (unpaired) electrons. The molecule has 29 heavy (non-hydrogen) atoms. The van der Waals surface area contributed by atoms with E-state index in [9.17, 15) is 19.5 Å². The molecule has 9 heteroatoms. The zero-order valence-electron chi connectivity index (χ0n) is 14.9. The lowest BCUT2D eigenvalue weighted by atomic mass is 10.2. The molecule has 1 aliphatic rings. The predicted octanol–water partition coefficient (Wildman–Crippen LogP) is 2.93. The first kappa shape index (κ1) is 21.0. The van der Waals surface area contributed by atoms with Crippen LogP contribution in [0.4, 0.5) is 5.69 Å². The highest BCUT2D eigenvalue weighted by Crippen LogP contribution is 2.33. The maximum Gasteiger partial charge on any atom is 0.266 e. The van der Waals surface area contributed by atoms with Gasteiger partial charge in [0.2, 0.25) is 5.91 Å². The van der Waals surface area contributed by atoms with Crippen LogP contribution < -0.4 is 10.4 Å². The number of thiocarbonyl (C=S) groups is 1. The summed E-state index contributed by atoms with van der Waals surface area (Å²) in [6.07, 6.45) is 1.72. The molecule has 1 N–H and O–H groups in total. The Bertz CT molecular complexity index is 1020. The monoisotopic (exact) mass is 445 g/mol. The van der Waals surface area contributed by atoms with Gasteiger partial charge in [-0.3, -0.25) is 14.5 Å². The summed E-state index contributed by atoms with van der Waals surface area (Å²) in [5.41, 5.74) is 1.18. The van der Waals surface area contributed by atoms with E-state index in [0.717, 1.165) is 11.8 Å². The van der Waals surface area contributed by atoms with Crippen molar-refractivity contribution < 1.29 is 19.5 Å². The minimum atomic E-state index is -1.29. The lowest BCUT2D eigenvalue weighted by Crippen LogP contribution is -2.31. The molecule has 0 aromatic heterocycles. The van der Waals surface area contributed by atoms with E-state index in [-0.39, 0.29) is 30.3 Å². The van der Waals surface area contributed by atoms with Gasteiger partial charge in [-0.15, -0.1) is 0 Å². The fraction of sp³-hybridized carbons (Fsp3) is 0.100. The summed E-state index contributed by atoms with van der Waals surface area (Å²) >= 11 is 12.6. The third-order valence-corrected chi connectivity index (χ3v) is 5.75. The van der Waals surface area contributed by atoms with Gasteiger partial charge in [-0.25, -0.2) is 0 Å². The zero-order chi connectivity index (χ0) is 21.0. The first-order chi connectivity index (χ1) is 13.8. The maximum absolute atomic E-state index is 12.6. The molecule has 148 valence electrons. The molecule has 0 aliphatic carbocycles. The molecular formula is C20H14ClN2O4S2-. The molecule has 0 bridgehead atoms. The second-order valence-electron chi connectivity index (χ2n) is 6.02. The van der Waals surface area contributed by atoms with Crippen molar-refractivity contribution in [1.82, 2.24) is 4.90 Å². The number of amides is 2. The number of nitrogens with zero attached hydrogens (tertiary/aromatic N) is 1. The Morgan fingerprint density at radius 1 is 1.17 bits per heavy atom. The van der Waals surface area contributed by atoms with Crippen LogP contribution in [0.2, 0.25) is 5.02 Å². The quantitative estimate of drug-likeness (QED) is 0.543. The number of rotatable bonds is 6. The number of carboxylic acid groups (broad SMARTS) is 1. The average molecular weight is 446 g/mol. The zero-order valence-corrected chi connectivity index (χ0v) is 17.3. The van der Waals surface area contributed by atoms with E-state index in [2.05, 4.69) is 5.32 Å². The van der Waals surface area contributed by atoms with Crippen LogP contribution in [0.15, 0.2) is 53.4 Å². The van der Waals surface area contributed by atoms with Crippen LogP contribution in [-0.4, -0.2) is 33.5 Å². The van der Waals surface area contributed by atoms with Crippen LogP contribution in [0.5, 0.6) is 0 Å².